The smallest absolute Gasteiger partial charge is 0.416 e. The Kier molecular flexibility index (Phi) is 21.6. The second kappa shape index (κ2) is 27.4. The fourth-order valence-corrected chi connectivity index (χ4v) is 9.15. The van der Waals surface area contributed by atoms with E-state index in [1.165, 1.54) is 131 Å². The lowest BCUT2D eigenvalue weighted by atomic mass is 10.1. The van der Waals surface area contributed by atoms with Crippen LogP contribution in [0.1, 0.15) is 155 Å². The molecule has 58 heavy (non-hydrogen) atoms. The van der Waals surface area contributed by atoms with Gasteiger partial charge in [-0.25, -0.2) is 9.78 Å². The number of unbranched alkanes of at least 4 members (excludes halogenated alkanes) is 19. The molecule has 2 aromatic heterocycles. The van der Waals surface area contributed by atoms with Crippen molar-refractivity contribution in [2.24, 2.45) is 0 Å². The first-order chi connectivity index (χ1) is 28.6. The number of piperazine rings is 1. The zero-order valence-electron chi connectivity index (χ0n) is 36.4. The van der Waals surface area contributed by atoms with Crippen LogP contribution in [0, 0.1) is 0 Å². The van der Waals surface area contributed by atoms with Crippen LogP contribution in [-0.4, -0.2) is 73.3 Å². The molecule has 1 saturated heterocycles. The number of hydrogen-bond acceptors (Lipinski definition) is 7. The molecule has 5 rings (SSSR count). The zero-order chi connectivity index (χ0) is 40.5. The average molecular weight is 813 g/mol. The first-order valence-corrected chi connectivity index (χ1v) is 24.5. The maximum absolute atomic E-state index is 13.6. The summed E-state index contributed by atoms with van der Waals surface area (Å²) in [6.45, 7) is 12.2. The van der Waals surface area contributed by atoms with Crippen LogP contribution in [0.5, 0.6) is 11.6 Å². The lowest BCUT2D eigenvalue weighted by Gasteiger charge is -2.36. The molecule has 3 heterocycles. The molecule has 4 aromatic rings. The highest BCUT2D eigenvalue weighted by atomic mass is 32.1. The van der Waals surface area contributed by atoms with Crippen LogP contribution in [0.25, 0.3) is 21.0 Å². The molecular formula is C50H76N4O3S. The number of pyridine rings is 1. The number of aromatic nitrogens is 1. The van der Waals surface area contributed by atoms with E-state index in [9.17, 15) is 4.79 Å². The zero-order valence-corrected chi connectivity index (χ0v) is 37.2. The molecule has 0 N–H and O–H groups in total. The van der Waals surface area contributed by atoms with E-state index in [4.69, 9.17) is 14.5 Å². The van der Waals surface area contributed by atoms with Crippen molar-refractivity contribution in [2.45, 2.75) is 155 Å². The van der Waals surface area contributed by atoms with Crippen LogP contribution in [0.4, 0.5) is 10.5 Å². The number of fused-ring (bicyclic) bond motifs is 2. The minimum absolute atomic E-state index is 0.271. The fourth-order valence-electron chi connectivity index (χ4n) is 8.35. The Morgan fingerprint density at radius 1 is 0.672 bits per heavy atom. The first-order valence-electron chi connectivity index (χ1n) is 23.6. The second-order valence-electron chi connectivity index (χ2n) is 16.7. The van der Waals surface area contributed by atoms with Crippen molar-refractivity contribution in [3.63, 3.8) is 0 Å². The molecule has 320 valence electrons. The lowest BCUT2D eigenvalue weighted by molar-refractivity contribution is 0.148. The predicted molar refractivity (Wildman–Crippen MR) is 248 cm³/mol. The summed E-state index contributed by atoms with van der Waals surface area (Å²) in [5.41, 5.74) is 2.16. The van der Waals surface area contributed by atoms with Gasteiger partial charge in [0.25, 0.3) is 0 Å². The molecule has 0 aliphatic carbocycles. The van der Waals surface area contributed by atoms with Gasteiger partial charge in [0.2, 0.25) is 5.88 Å². The van der Waals surface area contributed by atoms with Gasteiger partial charge in [-0.3, -0.25) is 4.90 Å². The Bertz CT molecular complexity index is 1680. The van der Waals surface area contributed by atoms with Crippen molar-refractivity contribution in [3.05, 3.63) is 60.0 Å². The number of hydrogen-bond donors (Lipinski definition) is 0. The van der Waals surface area contributed by atoms with Crippen molar-refractivity contribution >= 4 is 44.1 Å². The minimum Gasteiger partial charge on any atom is -0.494 e. The summed E-state index contributed by atoms with van der Waals surface area (Å²) in [6, 6.07) is 18.8. The minimum atomic E-state index is -0.271. The van der Waals surface area contributed by atoms with Crippen molar-refractivity contribution in [1.29, 1.82) is 0 Å². The van der Waals surface area contributed by atoms with E-state index in [0.29, 0.717) is 12.5 Å². The molecule has 7 nitrogen and oxygen atoms in total. The molecule has 2 aromatic carbocycles. The van der Waals surface area contributed by atoms with E-state index in [0.717, 1.165) is 88.1 Å². The summed E-state index contributed by atoms with van der Waals surface area (Å²) in [4.78, 5) is 25.4. The molecule has 1 fully saturated rings. The largest absolute Gasteiger partial charge is 0.494 e. The van der Waals surface area contributed by atoms with Crippen molar-refractivity contribution < 1.29 is 14.3 Å². The molecule has 1 amide bonds. The van der Waals surface area contributed by atoms with Gasteiger partial charge in [0, 0.05) is 72.6 Å². The number of rotatable bonds is 30. The highest BCUT2D eigenvalue weighted by molar-refractivity contribution is 7.17. The Morgan fingerprint density at radius 3 is 1.91 bits per heavy atom. The van der Waals surface area contributed by atoms with Crippen LogP contribution in [-0.2, 0) is 0 Å². The number of amides is 1. The Hall–Kier alpha value is -3.36. The van der Waals surface area contributed by atoms with Crippen molar-refractivity contribution in [3.8, 4) is 11.6 Å². The normalized spacial score (nSPS) is 13.4. The number of ether oxygens (including phenoxy) is 2. The van der Waals surface area contributed by atoms with Gasteiger partial charge < -0.3 is 19.3 Å². The standard InChI is InChI=1S/C50H76N4O3S/c1-3-5-7-9-11-13-15-17-19-21-34-54(35-22-20-18-16-14-12-10-8-6-4-2)50(55)57-49-31-29-43-28-30-44(42-46(43)51-49)56-40-24-23-33-52-36-38-53(39-37-52)47-26-25-27-48-45(47)32-41-58-48/h25-32,41-42H,3-24,33-40H2,1-2H3. The highest BCUT2D eigenvalue weighted by Gasteiger charge is 2.19. The van der Waals surface area contributed by atoms with Crippen molar-refractivity contribution in [1.82, 2.24) is 14.8 Å². The first kappa shape index (κ1) is 45.7. The van der Waals surface area contributed by atoms with Crippen molar-refractivity contribution in [2.75, 3.05) is 57.3 Å². The van der Waals surface area contributed by atoms with Gasteiger partial charge in [0.15, 0.2) is 0 Å². The molecule has 1 aliphatic heterocycles. The van der Waals surface area contributed by atoms with Gasteiger partial charge in [0.1, 0.15) is 5.75 Å². The molecule has 0 unspecified atom stereocenters. The fraction of sp³-hybridized carbons (Fsp3) is 0.640. The SMILES string of the molecule is CCCCCCCCCCCCN(CCCCCCCCCCCC)C(=O)Oc1ccc2ccc(OCCCCN3CCN(c4cccc5sccc45)CC3)cc2n1. The maximum atomic E-state index is 13.6. The summed E-state index contributed by atoms with van der Waals surface area (Å²) >= 11 is 1.82. The third kappa shape index (κ3) is 16.4. The Balaban J connectivity index is 1.02. The van der Waals surface area contributed by atoms with Gasteiger partial charge in [-0.1, -0.05) is 135 Å². The van der Waals surface area contributed by atoms with Gasteiger partial charge in [-0.05, 0) is 74.0 Å². The van der Waals surface area contributed by atoms with E-state index in [1.54, 1.807) is 0 Å². The van der Waals surface area contributed by atoms with Crippen LogP contribution in [0.3, 0.4) is 0 Å². The summed E-state index contributed by atoms with van der Waals surface area (Å²) in [6.07, 6.45) is 27.5. The Labute approximate surface area is 355 Å². The number of carbonyl (C=O) groups excluding carboxylic acids is 1. The van der Waals surface area contributed by atoms with E-state index in [1.807, 2.05) is 46.6 Å². The summed E-state index contributed by atoms with van der Waals surface area (Å²) in [7, 11) is 0. The third-order valence-corrected chi connectivity index (χ3v) is 12.9. The van der Waals surface area contributed by atoms with Crippen LogP contribution in [0.15, 0.2) is 60.0 Å². The highest BCUT2D eigenvalue weighted by Crippen LogP contribution is 2.31. The number of anilines is 1. The Morgan fingerprint density at radius 2 is 1.28 bits per heavy atom. The predicted octanol–water partition coefficient (Wildman–Crippen LogP) is 14.1. The second-order valence-corrected chi connectivity index (χ2v) is 17.7. The number of carbonyl (C=O) groups is 1. The molecule has 0 bridgehead atoms. The topological polar surface area (TPSA) is 58.1 Å². The lowest BCUT2D eigenvalue weighted by Crippen LogP contribution is -2.46. The number of benzene rings is 2. The average Bonchev–Trinajstić information content (AvgIpc) is 3.74. The summed E-state index contributed by atoms with van der Waals surface area (Å²) < 4.78 is 13.5. The van der Waals surface area contributed by atoms with Crippen LogP contribution >= 0.6 is 11.3 Å². The molecule has 0 atom stereocenters. The van der Waals surface area contributed by atoms with E-state index in [2.05, 4.69) is 53.3 Å². The number of thiophene rings is 1. The number of nitrogens with zero attached hydrogens (tertiary/aromatic N) is 4. The molecule has 0 radical (unpaired) electrons. The van der Waals surface area contributed by atoms with E-state index >= 15 is 0 Å². The molecular weight excluding hydrogens is 737 g/mol. The molecule has 1 aliphatic rings. The van der Waals surface area contributed by atoms with Gasteiger partial charge in [0.05, 0.1) is 12.1 Å². The summed E-state index contributed by atoms with van der Waals surface area (Å²) in [5.74, 6) is 1.17. The quantitative estimate of drug-likeness (QED) is 0.0489. The molecule has 0 spiro atoms. The molecule has 8 heteroatoms. The van der Waals surface area contributed by atoms with Gasteiger partial charge in [-0.15, -0.1) is 11.3 Å². The summed E-state index contributed by atoms with van der Waals surface area (Å²) in [5, 5.41) is 4.59. The third-order valence-electron chi connectivity index (χ3n) is 12.0. The maximum Gasteiger partial charge on any atom is 0.416 e. The monoisotopic (exact) mass is 813 g/mol. The van der Waals surface area contributed by atoms with Gasteiger partial charge >= 0.3 is 6.09 Å². The van der Waals surface area contributed by atoms with Crippen LogP contribution < -0.4 is 14.4 Å². The molecule has 0 saturated carbocycles. The van der Waals surface area contributed by atoms with Crippen LogP contribution in [0.2, 0.25) is 0 Å². The van der Waals surface area contributed by atoms with E-state index < -0.39 is 0 Å². The van der Waals surface area contributed by atoms with E-state index in [-0.39, 0.29) is 6.09 Å². The van der Waals surface area contributed by atoms with Gasteiger partial charge in [-0.2, -0.15) is 0 Å².